The number of hydrogen-bond donors (Lipinski definition) is 0. The molecule has 2 bridgehead atoms. The molecule has 2 aromatic rings. The van der Waals surface area contributed by atoms with Gasteiger partial charge in [-0.15, -0.1) is 22.7 Å². The van der Waals surface area contributed by atoms with Crippen molar-refractivity contribution in [1.82, 2.24) is 4.98 Å². The van der Waals surface area contributed by atoms with Gasteiger partial charge in [0.1, 0.15) is 5.60 Å². The van der Waals surface area contributed by atoms with Gasteiger partial charge in [-0.2, -0.15) is 0 Å². The second kappa shape index (κ2) is 8.99. The molecule has 4 nitrogen and oxygen atoms in total. The third-order valence-electron chi connectivity index (χ3n) is 6.32. The van der Waals surface area contributed by atoms with Crippen molar-refractivity contribution < 1.29 is 9.53 Å². The maximum Gasteiger partial charge on any atom is 0.308 e. The summed E-state index contributed by atoms with van der Waals surface area (Å²) in [6.45, 7) is 9.39. The van der Waals surface area contributed by atoms with E-state index in [9.17, 15) is 4.79 Å². The quantitative estimate of drug-likeness (QED) is 0.440. The summed E-state index contributed by atoms with van der Waals surface area (Å²) in [6, 6.07) is 4.43. The molecule has 0 aliphatic heterocycles. The summed E-state index contributed by atoms with van der Waals surface area (Å²) in [7, 11) is 0. The third-order valence-corrected chi connectivity index (χ3v) is 8.45. The number of carbonyl (C=O) groups is 1. The Morgan fingerprint density at radius 2 is 2.03 bits per heavy atom. The van der Waals surface area contributed by atoms with Crippen LogP contribution in [-0.2, 0) is 22.5 Å². The smallest absolute Gasteiger partial charge is 0.308 e. The van der Waals surface area contributed by atoms with Crippen LogP contribution in [0.5, 0.6) is 0 Å². The normalized spacial score (nSPS) is 23.1. The van der Waals surface area contributed by atoms with Crippen LogP contribution in [0.15, 0.2) is 17.5 Å². The number of ether oxygens (including phenoxy) is 1. The lowest BCUT2D eigenvalue weighted by molar-refractivity contribution is -0.154. The second-order valence-corrected chi connectivity index (χ2v) is 11.9. The van der Waals surface area contributed by atoms with Crippen LogP contribution in [0.1, 0.15) is 81.2 Å². The van der Waals surface area contributed by atoms with E-state index < -0.39 is 5.60 Å². The zero-order valence-electron chi connectivity index (χ0n) is 18.6. The van der Waals surface area contributed by atoms with Gasteiger partial charge in [0, 0.05) is 27.6 Å². The van der Waals surface area contributed by atoms with Crippen LogP contribution >= 0.6 is 22.7 Å². The molecule has 6 heteroatoms. The molecule has 3 unspecified atom stereocenters. The number of hydrogen-bond acceptors (Lipinski definition) is 6. The Kier molecular flexibility index (Phi) is 6.54. The van der Waals surface area contributed by atoms with Gasteiger partial charge in [0.05, 0.1) is 18.7 Å². The fourth-order valence-corrected chi connectivity index (χ4v) is 6.84. The standard InChI is InChI=1S/C24H34N2O2S2/c1-5-18-8-9-19(30-18)14-26(11-10-22(27)28-24(2,3)4)23-25-21(15-29-23)20-13-16-6-7-17(20)12-16/h8-9,15-17,20H,5-7,10-14H2,1-4H3. The first-order valence-corrected chi connectivity index (χ1v) is 13.0. The van der Waals surface area contributed by atoms with E-state index in [1.807, 2.05) is 32.1 Å². The Bertz CT molecular complexity index is 867. The highest BCUT2D eigenvalue weighted by Crippen LogP contribution is 2.53. The summed E-state index contributed by atoms with van der Waals surface area (Å²) < 4.78 is 5.54. The van der Waals surface area contributed by atoms with Crippen molar-refractivity contribution in [2.24, 2.45) is 11.8 Å². The number of aromatic nitrogens is 1. The molecule has 2 aromatic heterocycles. The van der Waals surface area contributed by atoms with E-state index in [0.29, 0.717) is 18.9 Å². The summed E-state index contributed by atoms with van der Waals surface area (Å²) in [4.78, 5) is 22.4. The van der Waals surface area contributed by atoms with Crippen molar-refractivity contribution >= 4 is 33.8 Å². The van der Waals surface area contributed by atoms with E-state index in [1.54, 1.807) is 11.3 Å². The number of carbonyl (C=O) groups excluding carboxylic acids is 1. The first-order chi connectivity index (χ1) is 14.3. The largest absolute Gasteiger partial charge is 0.460 e. The van der Waals surface area contributed by atoms with Gasteiger partial charge in [0.15, 0.2) is 5.13 Å². The maximum absolute atomic E-state index is 12.3. The molecule has 2 heterocycles. The highest BCUT2D eigenvalue weighted by molar-refractivity contribution is 7.14. The fourth-order valence-electron chi connectivity index (χ4n) is 4.95. The van der Waals surface area contributed by atoms with Crippen molar-refractivity contribution in [2.75, 3.05) is 11.4 Å². The summed E-state index contributed by atoms with van der Waals surface area (Å²) in [5, 5.41) is 3.32. The van der Waals surface area contributed by atoms with Gasteiger partial charge in [0.2, 0.25) is 0 Å². The van der Waals surface area contributed by atoms with Gasteiger partial charge in [-0.1, -0.05) is 13.3 Å². The van der Waals surface area contributed by atoms with E-state index in [4.69, 9.17) is 9.72 Å². The zero-order valence-corrected chi connectivity index (χ0v) is 20.3. The summed E-state index contributed by atoms with van der Waals surface area (Å²) >= 11 is 3.60. The molecule has 0 spiro atoms. The lowest BCUT2D eigenvalue weighted by Gasteiger charge is -2.24. The van der Waals surface area contributed by atoms with Gasteiger partial charge < -0.3 is 9.64 Å². The minimum Gasteiger partial charge on any atom is -0.460 e. The SMILES string of the molecule is CCc1ccc(CN(CCC(=O)OC(C)(C)C)c2nc(C3CC4CCC3C4)cs2)s1. The minimum absolute atomic E-state index is 0.141. The lowest BCUT2D eigenvalue weighted by Crippen LogP contribution is -2.29. The molecule has 164 valence electrons. The molecular formula is C24H34N2O2S2. The number of thiophene rings is 1. The van der Waals surface area contributed by atoms with Crippen molar-refractivity contribution in [2.45, 2.75) is 84.3 Å². The summed E-state index contributed by atoms with van der Waals surface area (Å²) in [6.07, 6.45) is 6.95. The van der Waals surface area contributed by atoms with Crippen molar-refractivity contribution in [3.63, 3.8) is 0 Å². The van der Waals surface area contributed by atoms with Crippen molar-refractivity contribution in [1.29, 1.82) is 0 Å². The van der Waals surface area contributed by atoms with Crippen molar-refractivity contribution in [3.8, 4) is 0 Å². The van der Waals surface area contributed by atoms with Crippen LogP contribution in [-0.4, -0.2) is 23.1 Å². The predicted molar refractivity (Wildman–Crippen MR) is 126 cm³/mol. The molecule has 4 rings (SSSR count). The zero-order chi connectivity index (χ0) is 21.3. The molecular weight excluding hydrogens is 412 g/mol. The first-order valence-electron chi connectivity index (χ1n) is 11.3. The van der Waals surface area contributed by atoms with Crippen LogP contribution in [0.3, 0.4) is 0 Å². The number of thiazole rings is 1. The Balaban J connectivity index is 1.47. The van der Waals surface area contributed by atoms with Gasteiger partial charge in [0.25, 0.3) is 0 Å². The summed E-state index contributed by atoms with van der Waals surface area (Å²) in [5.41, 5.74) is 0.840. The highest BCUT2D eigenvalue weighted by atomic mass is 32.1. The molecule has 0 aromatic carbocycles. The van der Waals surface area contributed by atoms with Crippen LogP contribution < -0.4 is 4.90 Å². The van der Waals surface area contributed by atoms with Gasteiger partial charge in [-0.3, -0.25) is 4.79 Å². The molecule has 2 fully saturated rings. The number of esters is 1. The van der Waals surface area contributed by atoms with Crippen LogP contribution in [0, 0.1) is 11.8 Å². The average molecular weight is 447 g/mol. The second-order valence-electron chi connectivity index (χ2n) is 9.82. The summed E-state index contributed by atoms with van der Waals surface area (Å²) in [5.74, 6) is 2.27. The van der Waals surface area contributed by atoms with Gasteiger partial charge in [-0.25, -0.2) is 4.98 Å². The minimum atomic E-state index is -0.443. The van der Waals surface area contributed by atoms with E-state index >= 15 is 0 Å². The van der Waals surface area contributed by atoms with Crippen LogP contribution in [0.25, 0.3) is 0 Å². The number of anilines is 1. The molecule has 2 aliphatic rings. The predicted octanol–water partition coefficient (Wildman–Crippen LogP) is 6.41. The molecule has 3 atom stereocenters. The Morgan fingerprint density at radius 1 is 1.23 bits per heavy atom. The van der Waals surface area contributed by atoms with Crippen molar-refractivity contribution in [3.05, 3.63) is 33.0 Å². The fraction of sp³-hybridized carbons (Fsp3) is 0.667. The number of fused-ring (bicyclic) bond motifs is 2. The molecule has 2 saturated carbocycles. The highest BCUT2D eigenvalue weighted by Gasteiger charge is 2.41. The van der Waals surface area contributed by atoms with Gasteiger partial charge in [-0.05, 0) is 70.4 Å². The van der Waals surface area contributed by atoms with E-state index in [0.717, 1.165) is 29.9 Å². The molecule has 0 saturated heterocycles. The molecule has 30 heavy (non-hydrogen) atoms. The third kappa shape index (κ3) is 5.25. The van der Waals surface area contributed by atoms with Gasteiger partial charge >= 0.3 is 5.97 Å². The molecule has 0 amide bonds. The number of aryl methyl sites for hydroxylation is 1. The molecule has 0 N–H and O–H groups in total. The Morgan fingerprint density at radius 3 is 2.67 bits per heavy atom. The Hall–Kier alpha value is -1.40. The number of nitrogens with zero attached hydrogens (tertiary/aromatic N) is 2. The topological polar surface area (TPSA) is 42.4 Å². The lowest BCUT2D eigenvalue weighted by atomic mass is 9.87. The monoisotopic (exact) mass is 446 g/mol. The average Bonchev–Trinajstić information content (AvgIpc) is 3.47. The Labute approximate surface area is 188 Å². The van der Waals surface area contributed by atoms with E-state index in [2.05, 4.69) is 29.3 Å². The molecule has 2 aliphatic carbocycles. The van der Waals surface area contributed by atoms with E-state index in [1.165, 1.54) is 41.1 Å². The van der Waals surface area contributed by atoms with E-state index in [-0.39, 0.29) is 5.97 Å². The van der Waals surface area contributed by atoms with Crippen LogP contribution in [0.2, 0.25) is 0 Å². The number of rotatable bonds is 8. The first kappa shape index (κ1) is 21.8. The maximum atomic E-state index is 12.3. The molecule has 0 radical (unpaired) electrons. The van der Waals surface area contributed by atoms with Crippen LogP contribution in [0.4, 0.5) is 5.13 Å².